The summed E-state index contributed by atoms with van der Waals surface area (Å²) in [7, 11) is 0. The van der Waals surface area contributed by atoms with E-state index in [0.717, 1.165) is 5.69 Å². The number of carbonyl (C=O) groups is 4. The minimum absolute atomic E-state index is 0.200. The van der Waals surface area contributed by atoms with E-state index in [9.17, 15) is 32.3 Å². The van der Waals surface area contributed by atoms with Gasteiger partial charge in [0.25, 0.3) is 5.91 Å². The van der Waals surface area contributed by atoms with Crippen LogP contribution in [0.2, 0.25) is 0 Å². The van der Waals surface area contributed by atoms with Crippen LogP contribution in [0.25, 0.3) is 5.69 Å². The number of aromatic nitrogens is 2. The Labute approximate surface area is 231 Å². The molecule has 40 heavy (non-hydrogen) atoms. The molecule has 0 unspecified atom stereocenters. The number of alkyl halides is 3. The Hall–Kier alpha value is -3.70. The molecule has 12 heteroatoms. The number of halogens is 3. The summed E-state index contributed by atoms with van der Waals surface area (Å²) < 4.78 is 42.0. The van der Waals surface area contributed by atoms with Crippen molar-refractivity contribution in [2.75, 3.05) is 6.54 Å². The Morgan fingerprint density at radius 1 is 1.05 bits per heavy atom. The van der Waals surface area contributed by atoms with Crippen molar-refractivity contribution in [3.63, 3.8) is 0 Å². The van der Waals surface area contributed by atoms with E-state index >= 15 is 0 Å². The Balaban J connectivity index is 1.77. The van der Waals surface area contributed by atoms with E-state index in [1.54, 1.807) is 25.5 Å². The monoisotopic (exact) mass is 563 g/mol. The molecular weight excluding hydrogens is 527 g/mol. The first-order valence-electron chi connectivity index (χ1n) is 13.3. The molecule has 2 heterocycles. The zero-order chi connectivity index (χ0) is 29.8. The quantitative estimate of drug-likeness (QED) is 0.430. The van der Waals surface area contributed by atoms with Crippen LogP contribution in [0.5, 0.6) is 0 Å². The lowest BCUT2D eigenvalue weighted by atomic mass is 9.90. The van der Waals surface area contributed by atoms with Crippen molar-refractivity contribution in [2.24, 2.45) is 17.8 Å². The molecule has 218 valence electrons. The van der Waals surface area contributed by atoms with Crippen LogP contribution in [0.15, 0.2) is 36.5 Å². The molecule has 1 aromatic carbocycles. The lowest BCUT2D eigenvalue weighted by Gasteiger charge is -2.33. The Morgan fingerprint density at radius 3 is 2.25 bits per heavy atom. The van der Waals surface area contributed by atoms with E-state index in [1.807, 2.05) is 30.3 Å². The molecule has 2 N–H and O–H groups in total. The van der Waals surface area contributed by atoms with Gasteiger partial charge in [0.1, 0.15) is 24.3 Å². The van der Waals surface area contributed by atoms with Gasteiger partial charge in [0.2, 0.25) is 11.8 Å². The van der Waals surface area contributed by atoms with Gasteiger partial charge in [-0.3, -0.25) is 14.4 Å². The Morgan fingerprint density at radius 2 is 1.70 bits per heavy atom. The minimum Gasteiger partial charge on any atom is -0.350 e. The molecule has 0 saturated carbocycles. The molecule has 2 aromatic rings. The van der Waals surface area contributed by atoms with E-state index in [2.05, 4.69) is 15.7 Å². The van der Waals surface area contributed by atoms with E-state index < -0.39 is 53.9 Å². The predicted octanol–water partition coefficient (Wildman–Crippen LogP) is 3.44. The third kappa shape index (κ3) is 6.71. The van der Waals surface area contributed by atoms with Gasteiger partial charge < -0.3 is 20.3 Å². The summed E-state index contributed by atoms with van der Waals surface area (Å²) in [5.41, 5.74) is 1.62. The summed E-state index contributed by atoms with van der Waals surface area (Å²) >= 11 is 0. The second-order valence-corrected chi connectivity index (χ2v) is 10.8. The van der Waals surface area contributed by atoms with E-state index in [1.165, 1.54) is 24.9 Å². The topological polar surface area (TPSA) is 113 Å². The lowest BCUT2D eigenvalue weighted by Crippen LogP contribution is -2.58. The van der Waals surface area contributed by atoms with Crippen LogP contribution in [0.4, 0.5) is 13.2 Å². The van der Waals surface area contributed by atoms with Gasteiger partial charge in [-0.25, -0.2) is 4.68 Å². The summed E-state index contributed by atoms with van der Waals surface area (Å²) in [5.74, 6) is -5.17. The fraction of sp³-hybridized carbons (Fsp3) is 0.536. The molecule has 3 amide bonds. The SMILES string of the molecule is Cc1c(C(=O)N[C@H](C(=O)N2CCC[C@H]2C(=O)N[C@@H](C(C)C)[C@H](C=O)C(F)(F)F)C(C)C)cnn1-c1ccccc1. The summed E-state index contributed by atoms with van der Waals surface area (Å²) in [4.78, 5) is 52.6. The summed E-state index contributed by atoms with van der Waals surface area (Å²) in [5, 5.41) is 9.45. The average molecular weight is 564 g/mol. The maximum atomic E-state index is 13.6. The fourth-order valence-electron chi connectivity index (χ4n) is 4.97. The molecule has 1 aliphatic heterocycles. The molecule has 3 rings (SSSR count). The number of hydrogen-bond acceptors (Lipinski definition) is 5. The fourth-order valence-corrected chi connectivity index (χ4v) is 4.97. The van der Waals surface area contributed by atoms with Crippen LogP contribution in [-0.2, 0) is 14.4 Å². The third-order valence-corrected chi connectivity index (χ3v) is 7.25. The standard InChI is InChI=1S/C28H36F3N5O4/c1-16(2)23(21(15-37)28(29,30)31)33-26(39)22-12-9-13-35(22)27(40)24(17(3)4)34-25(38)20-14-32-36(18(20)5)19-10-7-6-8-11-19/h6-8,10-11,14-17,21-24H,9,12-13H2,1-5H3,(H,33,39)(H,34,38)/t21-,22-,23-,24-/m0/s1. The molecule has 0 aliphatic carbocycles. The highest BCUT2D eigenvalue weighted by Gasteiger charge is 2.47. The summed E-state index contributed by atoms with van der Waals surface area (Å²) in [6.45, 7) is 8.42. The van der Waals surface area contributed by atoms with Gasteiger partial charge in [0.15, 0.2) is 0 Å². The number of rotatable bonds is 10. The molecule has 9 nitrogen and oxygen atoms in total. The predicted molar refractivity (Wildman–Crippen MR) is 142 cm³/mol. The van der Waals surface area contributed by atoms with Crippen molar-refractivity contribution >= 4 is 24.0 Å². The Kier molecular flexibility index (Phi) is 9.75. The lowest BCUT2D eigenvalue weighted by molar-refractivity contribution is -0.183. The first-order chi connectivity index (χ1) is 18.8. The van der Waals surface area contributed by atoms with Gasteiger partial charge in [0, 0.05) is 12.6 Å². The summed E-state index contributed by atoms with van der Waals surface area (Å²) in [6, 6.07) is 5.75. The first-order valence-corrected chi connectivity index (χ1v) is 13.3. The van der Waals surface area contributed by atoms with Crippen molar-refractivity contribution in [1.82, 2.24) is 25.3 Å². The van der Waals surface area contributed by atoms with Crippen LogP contribution in [0, 0.1) is 24.7 Å². The molecular formula is C28H36F3N5O4. The van der Waals surface area contributed by atoms with Gasteiger partial charge in [-0.05, 0) is 43.7 Å². The smallest absolute Gasteiger partial charge is 0.350 e. The zero-order valence-corrected chi connectivity index (χ0v) is 23.2. The molecule has 1 fully saturated rings. The molecule has 0 radical (unpaired) electrons. The normalized spacial score (nSPS) is 17.9. The molecule has 0 spiro atoms. The molecule has 0 bridgehead atoms. The Bertz CT molecular complexity index is 1210. The van der Waals surface area contributed by atoms with Crippen molar-refractivity contribution in [2.45, 2.75) is 71.8 Å². The maximum absolute atomic E-state index is 13.6. The second-order valence-electron chi connectivity index (χ2n) is 10.8. The van der Waals surface area contributed by atoms with Gasteiger partial charge in [0.05, 0.1) is 23.1 Å². The molecule has 4 atom stereocenters. The maximum Gasteiger partial charge on any atom is 0.400 e. The zero-order valence-electron chi connectivity index (χ0n) is 23.2. The van der Waals surface area contributed by atoms with Crippen LogP contribution in [0.1, 0.15) is 56.6 Å². The highest BCUT2D eigenvalue weighted by Crippen LogP contribution is 2.31. The van der Waals surface area contributed by atoms with Crippen LogP contribution in [0.3, 0.4) is 0 Å². The van der Waals surface area contributed by atoms with Gasteiger partial charge in [-0.2, -0.15) is 18.3 Å². The number of likely N-dealkylation sites (tertiary alicyclic amines) is 1. The number of benzene rings is 1. The van der Waals surface area contributed by atoms with Gasteiger partial charge in [-0.1, -0.05) is 45.9 Å². The number of nitrogens with one attached hydrogen (secondary N) is 2. The van der Waals surface area contributed by atoms with Crippen molar-refractivity contribution in [3.8, 4) is 5.69 Å². The molecule has 1 saturated heterocycles. The number of para-hydroxylation sites is 1. The van der Waals surface area contributed by atoms with Gasteiger partial charge >= 0.3 is 6.18 Å². The van der Waals surface area contributed by atoms with Gasteiger partial charge in [-0.15, -0.1) is 0 Å². The number of amides is 3. The van der Waals surface area contributed by atoms with Crippen molar-refractivity contribution in [3.05, 3.63) is 47.8 Å². The molecule has 1 aliphatic rings. The first kappa shape index (κ1) is 30.8. The highest BCUT2D eigenvalue weighted by molar-refractivity contribution is 5.99. The molecule has 1 aromatic heterocycles. The van der Waals surface area contributed by atoms with Crippen LogP contribution >= 0.6 is 0 Å². The highest BCUT2D eigenvalue weighted by atomic mass is 19.4. The van der Waals surface area contributed by atoms with E-state index in [4.69, 9.17) is 0 Å². The minimum atomic E-state index is -4.82. The number of nitrogens with zero attached hydrogens (tertiary/aromatic N) is 3. The number of hydrogen-bond donors (Lipinski definition) is 2. The average Bonchev–Trinajstić information content (AvgIpc) is 3.53. The second kappa shape index (κ2) is 12.6. The number of aldehydes is 1. The van der Waals surface area contributed by atoms with E-state index in [-0.39, 0.29) is 30.7 Å². The van der Waals surface area contributed by atoms with Crippen LogP contribution in [-0.4, -0.2) is 69.5 Å². The van der Waals surface area contributed by atoms with Crippen LogP contribution < -0.4 is 10.6 Å². The van der Waals surface area contributed by atoms with Crippen molar-refractivity contribution in [1.29, 1.82) is 0 Å². The number of carbonyl (C=O) groups excluding carboxylic acids is 4. The largest absolute Gasteiger partial charge is 0.400 e. The summed E-state index contributed by atoms with van der Waals surface area (Å²) in [6.07, 6.45) is -2.89. The third-order valence-electron chi connectivity index (χ3n) is 7.25. The van der Waals surface area contributed by atoms with E-state index in [0.29, 0.717) is 12.1 Å². The van der Waals surface area contributed by atoms with Crippen molar-refractivity contribution < 1.29 is 32.3 Å².